The SMILES string of the molecule is CC1(O)CCN(c2ncc(OC/C(=C/F)CN)cn2)CC1. The van der Waals surface area contributed by atoms with Gasteiger partial charge in [0.15, 0.2) is 5.75 Å². The number of aromatic nitrogens is 2. The van der Waals surface area contributed by atoms with E-state index in [-0.39, 0.29) is 13.2 Å². The molecule has 1 saturated heterocycles. The van der Waals surface area contributed by atoms with Crippen LogP contribution in [0.15, 0.2) is 24.3 Å². The first kappa shape index (κ1) is 15.7. The number of anilines is 1. The molecule has 0 aromatic carbocycles. The highest BCUT2D eigenvalue weighted by Gasteiger charge is 2.28. The van der Waals surface area contributed by atoms with E-state index in [1.165, 1.54) is 0 Å². The van der Waals surface area contributed by atoms with E-state index in [2.05, 4.69) is 9.97 Å². The van der Waals surface area contributed by atoms with Gasteiger partial charge >= 0.3 is 0 Å². The van der Waals surface area contributed by atoms with E-state index in [1.807, 2.05) is 11.8 Å². The number of hydrogen-bond acceptors (Lipinski definition) is 6. The lowest BCUT2D eigenvalue weighted by molar-refractivity contribution is 0.0348. The van der Waals surface area contributed by atoms with Crippen LogP contribution in [0.25, 0.3) is 0 Å². The number of halogens is 1. The highest BCUT2D eigenvalue weighted by Crippen LogP contribution is 2.24. The van der Waals surface area contributed by atoms with Crippen molar-refractivity contribution in [3.8, 4) is 5.75 Å². The topological polar surface area (TPSA) is 84.5 Å². The summed E-state index contributed by atoms with van der Waals surface area (Å²) in [5.74, 6) is 1.08. The minimum Gasteiger partial charge on any atom is -0.486 e. The van der Waals surface area contributed by atoms with Gasteiger partial charge in [0, 0.05) is 25.2 Å². The second-order valence-corrected chi connectivity index (χ2v) is 5.46. The lowest BCUT2D eigenvalue weighted by Crippen LogP contribution is -2.43. The Morgan fingerprint density at radius 2 is 2.10 bits per heavy atom. The van der Waals surface area contributed by atoms with Crippen molar-refractivity contribution < 1.29 is 14.2 Å². The summed E-state index contributed by atoms with van der Waals surface area (Å²) in [5, 5.41) is 9.92. The van der Waals surface area contributed by atoms with Gasteiger partial charge in [0.25, 0.3) is 0 Å². The molecule has 7 heteroatoms. The van der Waals surface area contributed by atoms with Crippen molar-refractivity contribution in [3.63, 3.8) is 0 Å². The Kier molecular flexibility index (Phi) is 5.08. The second kappa shape index (κ2) is 6.82. The van der Waals surface area contributed by atoms with Crippen LogP contribution in [0.5, 0.6) is 5.75 Å². The smallest absolute Gasteiger partial charge is 0.225 e. The molecular weight excluding hydrogens is 275 g/mol. The van der Waals surface area contributed by atoms with E-state index >= 15 is 0 Å². The third-order valence-corrected chi connectivity index (χ3v) is 3.58. The van der Waals surface area contributed by atoms with Crippen molar-refractivity contribution in [1.82, 2.24) is 9.97 Å². The molecule has 0 saturated carbocycles. The van der Waals surface area contributed by atoms with Gasteiger partial charge in [-0.25, -0.2) is 14.4 Å². The molecule has 1 fully saturated rings. The molecule has 1 aromatic rings. The van der Waals surface area contributed by atoms with Gasteiger partial charge in [-0.15, -0.1) is 0 Å². The van der Waals surface area contributed by atoms with Gasteiger partial charge in [0.05, 0.1) is 24.3 Å². The minimum atomic E-state index is -0.600. The number of hydrogen-bond donors (Lipinski definition) is 2. The first-order valence-electron chi connectivity index (χ1n) is 6.94. The molecule has 6 nitrogen and oxygen atoms in total. The van der Waals surface area contributed by atoms with Gasteiger partial charge in [0.1, 0.15) is 6.61 Å². The van der Waals surface area contributed by atoms with E-state index in [0.717, 1.165) is 13.1 Å². The first-order chi connectivity index (χ1) is 10.0. The van der Waals surface area contributed by atoms with Crippen molar-refractivity contribution in [1.29, 1.82) is 0 Å². The molecule has 2 rings (SSSR count). The van der Waals surface area contributed by atoms with Crippen LogP contribution in [-0.4, -0.2) is 46.9 Å². The van der Waals surface area contributed by atoms with Crippen molar-refractivity contribution in [2.45, 2.75) is 25.4 Å². The van der Waals surface area contributed by atoms with E-state index in [0.29, 0.717) is 36.4 Å². The molecule has 0 amide bonds. The molecule has 1 aliphatic heterocycles. The fourth-order valence-corrected chi connectivity index (χ4v) is 2.05. The van der Waals surface area contributed by atoms with Gasteiger partial charge in [-0.3, -0.25) is 0 Å². The number of piperidine rings is 1. The predicted molar refractivity (Wildman–Crippen MR) is 77.8 cm³/mol. The maximum absolute atomic E-state index is 12.3. The lowest BCUT2D eigenvalue weighted by Gasteiger charge is -2.35. The molecule has 0 spiro atoms. The molecular formula is C14H21FN4O2. The fraction of sp³-hybridized carbons (Fsp3) is 0.571. The van der Waals surface area contributed by atoms with Crippen LogP contribution < -0.4 is 15.4 Å². The van der Waals surface area contributed by atoms with Crippen LogP contribution in [-0.2, 0) is 0 Å². The predicted octanol–water partition coefficient (Wildman–Crippen LogP) is 1.02. The summed E-state index contributed by atoms with van der Waals surface area (Å²) in [6.45, 7) is 3.48. The summed E-state index contributed by atoms with van der Waals surface area (Å²) >= 11 is 0. The third kappa shape index (κ3) is 4.37. The lowest BCUT2D eigenvalue weighted by atomic mass is 9.94. The van der Waals surface area contributed by atoms with E-state index in [9.17, 15) is 9.50 Å². The van der Waals surface area contributed by atoms with Gasteiger partial charge in [-0.2, -0.15) is 0 Å². The van der Waals surface area contributed by atoms with Crippen molar-refractivity contribution in [3.05, 3.63) is 24.3 Å². The molecule has 1 aliphatic rings. The molecule has 0 aliphatic carbocycles. The Hall–Kier alpha value is -1.73. The molecule has 0 bridgehead atoms. The monoisotopic (exact) mass is 296 g/mol. The van der Waals surface area contributed by atoms with Gasteiger partial charge in [-0.05, 0) is 19.8 Å². The standard InChI is InChI=1S/C14H21FN4O2/c1-14(20)2-4-19(5-3-14)13-17-8-12(9-18-13)21-10-11(6-15)7-16/h6,8-9,20H,2-5,7,10,16H2,1H3/b11-6+. The summed E-state index contributed by atoms with van der Waals surface area (Å²) in [4.78, 5) is 10.5. The molecule has 116 valence electrons. The van der Waals surface area contributed by atoms with Crippen LogP contribution in [0.4, 0.5) is 10.3 Å². The van der Waals surface area contributed by atoms with Crippen molar-refractivity contribution >= 4 is 5.95 Å². The van der Waals surface area contributed by atoms with E-state index < -0.39 is 5.60 Å². The second-order valence-electron chi connectivity index (χ2n) is 5.46. The molecule has 0 radical (unpaired) electrons. The van der Waals surface area contributed by atoms with Crippen molar-refractivity contribution in [2.75, 3.05) is 31.1 Å². The first-order valence-corrected chi connectivity index (χ1v) is 6.94. The van der Waals surface area contributed by atoms with Gasteiger partial charge in [-0.1, -0.05) is 0 Å². The van der Waals surface area contributed by atoms with Crippen LogP contribution >= 0.6 is 0 Å². The Balaban J connectivity index is 1.90. The van der Waals surface area contributed by atoms with Crippen LogP contribution in [0.1, 0.15) is 19.8 Å². The van der Waals surface area contributed by atoms with E-state index in [1.54, 1.807) is 12.4 Å². The summed E-state index contributed by atoms with van der Waals surface area (Å²) in [6.07, 6.45) is 4.95. The highest BCUT2D eigenvalue weighted by molar-refractivity contribution is 5.32. The molecule has 21 heavy (non-hydrogen) atoms. The molecule has 0 atom stereocenters. The summed E-state index contributed by atoms with van der Waals surface area (Å²) < 4.78 is 17.7. The van der Waals surface area contributed by atoms with Gasteiger partial charge < -0.3 is 20.5 Å². The zero-order valence-electron chi connectivity index (χ0n) is 12.1. The summed E-state index contributed by atoms with van der Waals surface area (Å²) in [7, 11) is 0. The molecule has 1 aromatic heterocycles. The van der Waals surface area contributed by atoms with Crippen LogP contribution in [0.3, 0.4) is 0 Å². The normalized spacial score (nSPS) is 18.7. The number of rotatable bonds is 5. The molecule has 3 N–H and O–H groups in total. The Morgan fingerprint density at radius 3 is 2.62 bits per heavy atom. The molecule has 2 heterocycles. The summed E-state index contributed by atoms with van der Waals surface area (Å²) in [5.41, 5.74) is 5.12. The summed E-state index contributed by atoms with van der Waals surface area (Å²) in [6, 6.07) is 0. The van der Waals surface area contributed by atoms with Gasteiger partial charge in [0.2, 0.25) is 5.95 Å². The number of nitrogens with zero attached hydrogens (tertiary/aromatic N) is 3. The maximum atomic E-state index is 12.3. The quantitative estimate of drug-likeness (QED) is 0.844. The number of ether oxygens (including phenoxy) is 1. The Labute approximate surface area is 123 Å². The number of nitrogens with two attached hydrogens (primary N) is 1. The third-order valence-electron chi connectivity index (χ3n) is 3.58. The minimum absolute atomic E-state index is 0.0856. The largest absolute Gasteiger partial charge is 0.486 e. The Bertz CT molecular complexity index is 480. The number of aliphatic hydroxyl groups is 1. The zero-order chi connectivity index (χ0) is 15.3. The average Bonchev–Trinajstić information content (AvgIpc) is 2.49. The molecule has 0 unspecified atom stereocenters. The van der Waals surface area contributed by atoms with Crippen LogP contribution in [0.2, 0.25) is 0 Å². The Morgan fingerprint density at radius 1 is 1.48 bits per heavy atom. The van der Waals surface area contributed by atoms with Crippen molar-refractivity contribution in [2.24, 2.45) is 5.73 Å². The van der Waals surface area contributed by atoms with E-state index in [4.69, 9.17) is 10.5 Å². The highest BCUT2D eigenvalue weighted by atomic mass is 19.1. The maximum Gasteiger partial charge on any atom is 0.225 e. The average molecular weight is 296 g/mol. The zero-order valence-corrected chi connectivity index (χ0v) is 12.1. The fourth-order valence-electron chi connectivity index (χ4n) is 2.05. The van der Waals surface area contributed by atoms with Crippen LogP contribution in [0, 0.1) is 0 Å².